The number of para-hydroxylation sites is 1. The number of benzene rings is 2. The van der Waals surface area contributed by atoms with Gasteiger partial charge in [-0.25, -0.2) is 0 Å². The summed E-state index contributed by atoms with van der Waals surface area (Å²) in [6, 6.07) is 19.6. The van der Waals surface area contributed by atoms with Gasteiger partial charge in [0.25, 0.3) is 0 Å². The number of rotatable bonds is 6. The summed E-state index contributed by atoms with van der Waals surface area (Å²) in [6.07, 6.45) is 6.59. The van der Waals surface area contributed by atoms with Gasteiger partial charge < -0.3 is 4.90 Å². The number of aromatic nitrogens is 1. The number of nitrogens with zero attached hydrogens (tertiary/aromatic N) is 2. The minimum atomic E-state index is 0.983. The van der Waals surface area contributed by atoms with Crippen LogP contribution in [0.1, 0.15) is 31.9 Å². The van der Waals surface area contributed by atoms with Crippen molar-refractivity contribution < 1.29 is 4.57 Å². The second-order valence-electron chi connectivity index (χ2n) is 6.17. The van der Waals surface area contributed by atoms with E-state index in [1.807, 2.05) is 0 Å². The first kappa shape index (κ1) is 17.2. The Kier molecular flexibility index (Phi) is 5.49. The number of hydrogen-bond acceptors (Lipinski definition) is 1. The summed E-state index contributed by atoms with van der Waals surface area (Å²) in [5, 5.41) is 1.29. The van der Waals surface area contributed by atoms with Crippen LogP contribution in [0, 0.1) is 0 Å². The zero-order chi connectivity index (χ0) is 17.6. The fourth-order valence-corrected chi connectivity index (χ4v) is 3.30. The monoisotopic (exact) mass is 331 g/mol. The van der Waals surface area contributed by atoms with Crippen molar-refractivity contribution in [2.24, 2.45) is 0 Å². The van der Waals surface area contributed by atoms with E-state index in [-0.39, 0.29) is 0 Å². The number of aryl methyl sites for hydroxylation is 1. The number of anilines is 1. The minimum Gasteiger partial charge on any atom is -0.372 e. The van der Waals surface area contributed by atoms with Crippen molar-refractivity contribution in [1.29, 1.82) is 0 Å². The molecular weight excluding hydrogens is 304 g/mol. The van der Waals surface area contributed by atoms with Gasteiger partial charge in [0.05, 0.1) is 5.39 Å². The Labute approximate surface area is 151 Å². The van der Waals surface area contributed by atoms with Gasteiger partial charge in [-0.1, -0.05) is 36.4 Å². The van der Waals surface area contributed by atoms with Gasteiger partial charge in [-0.15, -0.1) is 0 Å². The van der Waals surface area contributed by atoms with E-state index < -0.39 is 0 Å². The molecule has 1 heterocycles. The number of pyridine rings is 1. The summed E-state index contributed by atoms with van der Waals surface area (Å²) in [6.45, 7) is 9.63. The van der Waals surface area contributed by atoms with Gasteiger partial charge in [0.15, 0.2) is 6.20 Å². The zero-order valence-corrected chi connectivity index (χ0v) is 15.4. The molecule has 128 valence electrons. The van der Waals surface area contributed by atoms with Crippen LogP contribution in [0.2, 0.25) is 0 Å². The first-order chi connectivity index (χ1) is 12.3. The fraction of sp³-hybridized carbons (Fsp3) is 0.261. The average Bonchev–Trinajstić information content (AvgIpc) is 2.68. The maximum absolute atomic E-state index is 2.36. The molecule has 2 aromatic carbocycles. The van der Waals surface area contributed by atoms with E-state index in [9.17, 15) is 0 Å². The van der Waals surface area contributed by atoms with Gasteiger partial charge in [-0.2, -0.15) is 4.57 Å². The number of hydrogen-bond donors (Lipinski definition) is 0. The molecule has 3 rings (SSSR count). The average molecular weight is 331 g/mol. The van der Waals surface area contributed by atoms with E-state index in [0.717, 1.165) is 19.6 Å². The standard InChI is InChI=1S/C23H27N2/c1-4-24(5-2)21-15-12-19(13-16-21)11-14-20-17-18-25(6-3)23-10-8-7-9-22(20)23/h7-18H,4-6H2,1-3H3/q+1. The predicted octanol–water partition coefficient (Wildman–Crippen LogP) is 5.16. The topological polar surface area (TPSA) is 7.12 Å². The van der Waals surface area contributed by atoms with Crippen molar-refractivity contribution in [3.05, 3.63) is 71.9 Å². The second kappa shape index (κ2) is 7.98. The molecule has 0 spiro atoms. The molecule has 2 heteroatoms. The molecule has 0 aliphatic rings. The second-order valence-corrected chi connectivity index (χ2v) is 6.17. The summed E-state index contributed by atoms with van der Waals surface area (Å²) in [4.78, 5) is 2.36. The van der Waals surface area contributed by atoms with Crippen LogP contribution in [0.15, 0.2) is 60.8 Å². The Hall–Kier alpha value is -2.61. The lowest BCUT2D eigenvalue weighted by atomic mass is 10.1. The van der Waals surface area contributed by atoms with Crippen molar-refractivity contribution in [3.8, 4) is 0 Å². The maximum atomic E-state index is 2.36. The van der Waals surface area contributed by atoms with Gasteiger partial charge in [0.1, 0.15) is 6.54 Å². The van der Waals surface area contributed by atoms with E-state index in [1.54, 1.807) is 0 Å². The molecule has 0 radical (unpaired) electrons. The molecular formula is C23H27N2+. The van der Waals surface area contributed by atoms with Gasteiger partial charge in [0, 0.05) is 30.9 Å². The van der Waals surface area contributed by atoms with Crippen LogP contribution in [0.5, 0.6) is 0 Å². The summed E-state index contributed by atoms with van der Waals surface area (Å²) in [5.41, 5.74) is 5.06. The van der Waals surface area contributed by atoms with Gasteiger partial charge >= 0.3 is 0 Å². The van der Waals surface area contributed by atoms with Gasteiger partial charge in [0.2, 0.25) is 5.52 Å². The first-order valence-electron chi connectivity index (χ1n) is 9.21. The lowest BCUT2D eigenvalue weighted by molar-refractivity contribution is -0.667. The minimum absolute atomic E-state index is 0.983. The Morgan fingerprint density at radius 3 is 2.24 bits per heavy atom. The lowest BCUT2D eigenvalue weighted by Gasteiger charge is -2.20. The summed E-state index contributed by atoms with van der Waals surface area (Å²) < 4.78 is 2.28. The third-order valence-corrected chi connectivity index (χ3v) is 4.78. The predicted molar refractivity (Wildman–Crippen MR) is 109 cm³/mol. The highest BCUT2D eigenvalue weighted by Crippen LogP contribution is 2.20. The normalized spacial score (nSPS) is 11.3. The third-order valence-electron chi connectivity index (χ3n) is 4.78. The molecule has 1 aromatic heterocycles. The molecule has 0 aliphatic heterocycles. The summed E-state index contributed by atoms with van der Waals surface area (Å²) in [5.74, 6) is 0. The van der Waals surface area contributed by atoms with Crippen molar-refractivity contribution in [1.82, 2.24) is 0 Å². The molecule has 0 aliphatic carbocycles. The SMILES string of the molecule is CCN(CC)c1ccc(C=Cc2cc[n+](CC)c3ccccc23)cc1. The van der Waals surface area contributed by atoms with E-state index in [4.69, 9.17) is 0 Å². The molecule has 0 bridgehead atoms. The van der Waals surface area contributed by atoms with Crippen molar-refractivity contribution >= 4 is 28.7 Å². The molecule has 3 aromatic rings. The Morgan fingerprint density at radius 1 is 0.840 bits per heavy atom. The molecule has 2 nitrogen and oxygen atoms in total. The highest BCUT2D eigenvalue weighted by Gasteiger charge is 2.08. The van der Waals surface area contributed by atoms with Crippen LogP contribution < -0.4 is 9.47 Å². The van der Waals surface area contributed by atoms with E-state index >= 15 is 0 Å². The van der Waals surface area contributed by atoms with Crippen LogP contribution in [0.25, 0.3) is 23.1 Å². The Bertz CT molecular complexity index is 859. The maximum Gasteiger partial charge on any atom is 0.213 e. The van der Waals surface area contributed by atoms with Gasteiger partial charge in [-0.3, -0.25) is 0 Å². The van der Waals surface area contributed by atoms with E-state index in [1.165, 1.54) is 27.7 Å². The summed E-state index contributed by atoms with van der Waals surface area (Å²) >= 11 is 0. The summed E-state index contributed by atoms with van der Waals surface area (Å²) in [7, 11) is 0. The van der Waals surface area contributed by atoms with Crippen LogP contribution >= 0.6 is 0 Å². The number of fused-ring (bicyclic) bond motifs is 1. The first-order valence-corrected chi connectivity index (χ1v) is 9.21. The third kappa shape index (κ3) is 3.74. The van der Waals surface area contributed by atoms with E-state index in [0.29, 0.717) is 0 Å². The molecule has 0 N–H and O–H groups in total. The quantitative estimate of drug-likeness (QED) is 0.566. The fourth-order valence-electron chi connectivity index (χ4n) is 3.30. The highest BCUT2D eigenvalue weighted by molar-refractivity contribution is 5.88. The zero-order valence-electron chi connectivity index (χ0n) is 15.4. The van der Waals surface area contributed by atoms with Crippen molar-refractivity contribution in [3.63, 3.8) is 0 Å². The van der Waals surface area contributed by atoms with Crippen LogP contribution in [-0.2, 0) is 6.54 Å². The molecule has 0 unspecified atom stereocenters. The molecule has 0 atom stereocenters. The Morgan fingerprint density at radius 2 is 1.56 bits per heavy atom. The van der Waals surface area contributed by atoms with Crippen molar-refractivity contribution in [2.75, 3.05) is 18.0 Å². The van der Waals surface area contributed by atoms with Crippen LogP contribution in [0.3, 0.4) is 0 Å². The smallest absolute Gasteiger partial charge is 0.213 e. The van der Waals surface area contributed by atoms with Gasteiger partial charge in [-0.05, 0) is 50.1 Å². The molecule has 25 heavy (non-hydrogen) atoms. The Balaban J connectivity index is 1.89. The largest absolute Gasteiger partial charge is 0.372 e. The molecule has 0 saturated heterocycles. The molecule has 0 fully saturated rings. The van der Waals surface area contributed by atoms with Crippen LogP contribution in [0.4, 0.5) is 5.69 Å². The highest BCUT2D eigenvalue weighted by atomic mass is 15.1. The molecule has 0 amide bonds. The molecule has 0 saturated carbocycles. The van der Waals surface area contributed by atoms with E-state index in [2.05, 4.69) is 103 Å². The van der Waals surface area contributed by atoms with Crippen LogP contribution in [-0.4, -0.2) is 13.1 Å². The lowest BCUT2D eigenvalue weighted by Crippen LogP contribution is -2.32. The van der Waals surface area contributed by atoms with Crippen molar-refractivity contribution in [2.45, 2.75) is 27.3 Å².